The second kappa shape index (κ2) is 5.66. The molecule has 1 aliphatic rings. The zero-order chi connectivity index (χ0) is 15.8. The van der Waals surface area contributed by atoms with Crippen LogP contribution in [0.25, 0.3) is 11.1 Å². The average molecular weight is 313 g/mol. The molecule has 0 saturated heterocycles. The van der Waals surface area contributed by atoms with E-state index in [1.54, 1.807) is 0 Å². The van der Waals surface area contributed by atoms with Crippen molar-refractivity contribution >= 4 is 17.1 Å². The maximum absolute atomic E-state index is 10.3. The summed E-state index contributed by atoms with van der Waals surface area (Å²) in [6.45, 7) is 2.65. The first-order chi connectivity index (χ1) is 11.2. The van der Waals surface area contributed by atoms with Crippen LogP contribution in [0.4, 0.5) is 6.01 Å². The lowest BCUT2D eigenvalue weighted by Gasteiger charge is -2.13. The summed E-state index contributed by atoms with van der Waals surface area (Å²) in [6.07, 6.45) is 2.72. The quantitative estimate of drug-likeness (QED) is 0.683. The Hall–Kier alpha value is -2.41. The molecule has 7 nitrogen and oxygen atoms in total. The maximum Gasteiger partial charge on any atom is 0.295 e. The Balaban J connectivity index is 1.42. The summed E-state index contributed by atoms with van der Waals surface area (Å²) in [5.41, 5.74) is 2.77. The molecule has 1 saturated carbocycles. The van der Waals surface area contributed by atoms with Gasteiger partial charge in [-0.3, -0.25) is 5.10 Å². The fourth-order valence-corrected chi connectivity index (χ4v) is 3.29. The number of aromatic nitrogens is 4. The predicted octanol–water partition coefficient (Wildman–Crippen LogP) is 2.22. The van der Waals surface area contributed by atoms with Crippen LogP contribution in [0.2, 0.25) is 0 Å². The lowest BCUT2D eigenvalue weighted by Crippen LogP contribution is -2.21. The van der Waals surface area contributed by atoms with Crippen molar-refractivity contribution in [1.29, 1.82) is 0 Å². The highest BCUT2D eigenvalue weighted by Gasteiger charge is 2.35. The number of aryl methyl sites for hydroxylation is 1. The van der Waals surface area contributed by atoms with E-state index < -0.39 is 0 Å². The Morgan fingerprint density at radius 2 is 2.30 bits per heavy atom. The number of hydrogen-bond acceptors (Lipinski definition) is 6. The van der Waals surface area contributed by atoms with Gasteiger partial charge in [-0.25, -0.2) is 4.98 Å². The monoisotopic (exact) mass is 313 g/mol. The van der Waals surface area contributed by atoms with Gasteiger partial charge in [0.25, 0.3) is 6.01 Å². The minimum absolute atomic E-state index is 0.141. The molecule has 1 aromatic carbocycles. The third-order valence-corrected chi connectivity index (χ3v) is 4.54. The zero-order valence-electron chi connectivity index (χ0n) is 12.9. The lowest BCUT2D eigenvalue weighted by atomic mass is 10.0. The second-order valence-corrected chi connectivity index (χ2v) is 6.24. The van der Waals surface area contributed by atoms with Gasteiger partial charge in [-0.15, -0.1) is 0 Å². The van der Waals surface area contributed by atoms with Crippen LogP contribution in [0.1, 0.15) is 30.1 Å². The van der Waals surface area contributed by atoms with E-state index >= 15 is 0 Å². The van der Waals surface area contributed by atoms with Gasteiger partial charge in [0.1, 0.15) is 17.7 Å². The zero-order valence-corrected chi connectivity index (χ0v) is 12.9. The molecule has 0 aliphatic heterocycles. The number of rotatable bonds is 4. The normalized spacial score (nSPS) is 24.3. The first kappa shape index (κ1) is 14.2. The fraction of sp³-hybridized carbons (Fsp3) is 0.438. The summed E-state index contributed by atoms with van der Waals surface area (Å²) in [5.74, 6) is 1.22. The molecule has 0 unspecified atom stereocenters. The Bertz CT molecular complexity index is 798. The summed E-state index contributed by atoms with van der Waals surface area (Å²) in [4.78, 5) is 8.63. The number of aliphatic hydroxyl groups is 1. The van der Waals surface area contributed by atoms with Crippen molar-refractivity contribution in [2.24, 2.45) is 5.92 Å². The Morgan fingerprint density at radius 1 is 1.39 bits per heavy atom. The second-order valence-electron chi connectivity index (χ2n) is 6.24. The summed E-state index contributed by atoms with van der Waals surface area (Å²) in [6, 6.07) is 6.42. The number of aromatic amines is 1. The van der Waals surface area contributed by atoms with Crippen molar-refractivity contribution in [3.05, 3.63) is 35.9 Å². The highest BCUT2D eigenvalue weighted by molar-refractivity contribution is 5.75. The first-order valence-corrected chi connectivity index (χ1v) is 7.83. The third-order valence-electron chi connectivity index (χ3n) is 4.54. The minimum Gasteiger partial charge on any atom is -0.424 e. The van der Waals surface area contributed by atoms with Crippen molar-refractivity contribution in [3.63, 3.8) is 0 Å². The summed E-state index contributed by atoms with van der Waals surface area (Å²) in [7, 11) is 0. The van der Waals surface area contributed by atoms with Crippen molar-refractivity contribution in [2.45, 2.75) is 31.8 Å². The molecule has 1 fully saturated rings. The van der Waals surface area contributed by atoms with Crippen LogP contribution in [0.5, 0.6) is 0 Å². The average Bonchev–Trinajstić information content (AvgIpc) is 3.23. The Morgan fingerprint density at radius 3 is 3.13 bits per heavy atom. The van der Waals surface area contributed by atoms with E-state index in [0.717, 1.165) is 28.9 Å². The van der Waals surface area contributed by atoms with Crippen molar-refractivity contribution < 1.29 is 9.52 Å². The highest BCUT2D eigenvalue weighted by atomic mass is 16.4. The van der Waals surface area contributed by atoms with Gasteiger partial charge < -0.3 is 14.8 Å². The molecule has 0 amide bonds. The molecule has 120 valence electrons. The van der Waals surface area contributed by atoms with Gasteiger partial charge in [0.15, 0.2) is 5.58 Å². The summed E-state index contributed by atoms with van der Waals surface area (Å²) >= 11 is 0. The number of H-pyrrole nitrogens is 1. The lowest BCUT2D eigenvalue weighted by molar-refractivity contribution is 0.137. The van der Waals surface area contributed by atoms with Crippen LogP contribution in [0.15, 0.2) is 28.9 Å². The molecule has 0 radical (unpaired) electrons. The fourth-order valence-electron chi connectivity index (χ4n) is 3.29. The van der Waals surface area contributed by atoms with Gasteiger partial charge in [0, 0.05) is 18.4 Å². The van der Waals surface area contributed by atoms with Crippen LogP contribution >= 0.6 is 0 Å². The molecule has 4 rings (SSSR count). The van der Waals surface area contributed by atoms with Crippen LogP contribution in [0, 0.1) is 12.8 Å². The number of benzene rings is 1. The van der Waals surface area contributed by atoms with Gasteiger partial charge in [0.2, 0.25) is 0 Å². The smallest absolute Gasteiger partial charge is 0.295 e. The SMILES string of the molecule is Cc1ccc2oc(NC[C@@H]3C[C@@H](c4ncn[nH]4)C[C@@H]3O)nc2c1. The van der Waals surface area contributed by atoms with E-state index in [4.69, 9.17) is 4.42 Å². The molecular formula is C16H19N5O2. The Kier molecular flexibility index (Phi) is 3.49. The number of aliphatic hydroxyl groups excluding tert-OH is 1. The predicted molar refractivity (Wildman–Crippen MR) is 85.1 cm³/mol. The molecule has 3 atom stereocenters. The molecule has 3 N–H and O–H groups in total. The minimum atomic E-state index is -0.357. The maximum atomic E-state index is 10.3. The van der Waals surface area contributed by atoms with Crippen LogP contribution in [0.3, 0.4) is 0 Å². The molecule has 3 aromatic rings. The van der Waals surface area contributed by atoms with Gasteiger partial charge in [-0.05, 0) is 37.5 Å². The van der Waals surface area contributed by atoms with Crippen molar-refractivity contribution in [1.82, 2.24) is 20.2 Å². The van der Waals surface area contributed by atoms with Crippen molar-refractivity contribution in [3.8, 4) is 0 Å². The molecule has 2 aromatic heterocycles. The van der Waals surface area contributed by atoms with Gasteiger partial charge in [0.05, 0.1) is 6.10 Å². The number of nitrogens with zero attached hydrogens (tertiary/aromatic N) is 3. The molecular weight excluding hydrogens is 294 g/mol. The van der Waals surface area contributed by atoms with E-state index in [1.807, 2.05) is 25.1 Å². The topological polar surface area (TPSA) is 99.9 Å². The van der Waals surface area contributed by atoms with Crippen LogP contribution in [-0.2, 0) is 0 Å². The number of nitrogens with one attached hydrogen (secondary N) is 2. The molecule has 7 heteroatoms. The summed E-state index contributed by atoms with van der Waals surface area (Å²) in [5, 5.41) is 20.2. The van der Waals surface area contributed by atoms with Crippen molar-refractivity contribution in [2.75, 3.05) is 11.9 Å². The molecule has 2 heterocycles. The molecule has 0 bridgehead atoms. The third kappa shape index (κ3) is 2.79. The number of oxazole rings is 1. The van der Waals surface area contributed by atoms with E-state index in [9.17, 15) is 5.11 Å². The van der Waals surface area contributed by atoms with E-state index in [1.165, 1.54) is 6.33 Å². The van der Waals surface area contributed by atoms with Crippen LogP contribution in [-0.4, -0.2) is 37.9 Å². The van der Waals surface area contributed by atoms with Crippen LogP contribution < -0.4 is 5.32 Å². The Labute approximate surface area is 133 Å². The molecule has 23 heavy (non-hydrogen) atoms. The standard InChI is InChI=1S/C16H19N5O2/c1-9-2-3-14-12(4-9)20-16(23-14)17-7-11-5-10(6-13(11)22)15-18-8-19-21-15/h2-4,8,10-11,13,22H,5-7H2,1H3,(H,17,20)(H,18,19,21)/t10-,11+,13+/m1/s1. The number of hydrogen-bond donors (Lipinski definition) is 3. The highest BCUT2D eigenvalue weighted by Crippen LogP contribution is 2.37. The summed E-state index contributed by atoms with van der Waals surface area (Å²) < 4.78 is 5.68. The number of anilines is 1. The van der Waals surface area contributed by atoms with E-state index in [-0.39, 0.29) is 17.9 Å². The van der Waals surface area contributed by atoms with E-state index in [0.29, 0.717) is 19.0 Å². The largest absolute Gasteiger partial charge is 0.424 e. The first-order valence-electron chi connectivity index (χ1n) is 7.83. The van der Waals surface area contributed by atoms with E-state index in [2.05, 4.69) is 25.5 Å². The number of fused-ring (bicyclic) bond motifs is 1. The van der Waals surface area contributed by atoms with Gasteiger partial charge >= 0.3 is 0 Å². The van der Waals surface area contributed by atoms with Gasteiger partial charge in [-0.2, -0.15) is 10.1 Å². The molecule has 0 spiro atoms. The molecule has 1 aliphatic carbocycles. The van der Waals surface area contributed by atoms with Gasteiger partial charge in [-0.1, -0.05) is 6.07 Å².